The van der Waals surface area contributed by atoms with Crippen LogP contribution in [-0.4, -0.2) is 37.0 Å². The van der Waals surface area contributed by atoms with E-state index in [0.29, 0.717) is 12.6 Å². The van der Waals surface area contributed by atoms with E-state index >= 15 is 0 Å². The molecule has 1 aliphatic heterocycles. The number of methoxy groups -OCH3 is 1. The van der Waals surface area contributed by atoms with Gasteiger partial charge in [0.15, 0.2) is 6.10 Å². The van der Waals surface area contributed by atoms with Crippen molar-refractivity contribution in [2.24, 2.45) is 5.73 Å². The third-order valence-electron chi connectivity index (χ3n) is 3.96. The fourth-order valence-electron chi connectivity index (χ4n) is 2.94. The summed E-state index contributed by atoms with van der Waals surface area (Å²) >= 11 is 0. The molecule has 1 fully saturated rings. The lowest BCUT2D eigenvalue weighted by Gasteiger charge is -2.28. The first-order chi connectivity index (χ1) is 9.77. The molecule has 2 unspecified atom stereocenters. The second-order valence-corrected chi connectivity index (χ2v) is 5.29. The van der Waals surface area contributed by atoms with Crippen molar-refractivity contribution in [1.29, 1.82) is 0 Å². The summed E-state index contributed by atoms with van der Waals surface area (Å²) in [7, 11) is 1.60. The first-order valence-electron chi connectivity index (χ1n) is 7.36. The van der Waals surface area contributed by atoms with Gasteiger partial charge in [-0.3, -0.25) is 4.79 Å². The van der Waals surface area contributed by atoms with Crippen molar-refractivity contribution in [3.05, 3.63) is 35.9 Å². The molecule has 2 N–H and O–H groups in total. The quantitative estimate of drug-likeness (QED) is 0.865. The van der Waals surface area contributed by atoms with Crippen LogP contribution < -0.4 is 5.73 Å². The number of nitrogens with zero attached hydrogens (tertiary/aromatic N) is 1. The minimum Gasteiger partial charge on any atom is -0.367 e. The summed E-state index contributed by atoms with van der Waals surface area (Å²) in [5, 5.41) is 0. The monoisotopic (exact) mass is 276 g/mol. The van der Waals surface area contributed by atoms with E-state index in [1.54, 1.807) is 7.11 Å². The second kappa shape index (κ2) is 7.41. The van der Waals surface area contributed by atoms with E-state index < -0.39 is 6.10 Å². The molecular weight excluding hydrogens is 252 g/mol. The lowest BCUT2D eigenvalue weighted by Crippen LogP contribution is -2.39. The lowest BCUT2D eigenvalue weighted by atomic mass is 10.1. The summed E-state index contributed by atoms with van der Waals surface area (Å²) in [6, 6.07) is 10.0. The zero-order valence-electron chi connectivity index (χ0n) is 12.1. The fraction of sp³-hybridized carbons (Fsp3) is 0.562. The molecule has 1 aromatic carbocycles. The smallest absolute Gasteiger partial charge is 0.256 e. The average molecular weight is 276 g/mol. The molecule has 1 saturated heterocycles. The van der Waals surface area contributed by atoms with E-state index in [-0.39, 0.29) is 5.91 Å². The van der Waals surface area contributed by atoms with Crippen molar-refractivity contribution < 1.29 is 9.53 Å². The number of amides is 1. The van der Waals surface area contributed by atoms with Crippen molar-refractivity contribution in [1.82, 2.24) is 4.90 Å². The number of carbonyl (C=O) groups is 1. The maximum atomic E-state index is 12.7. The van der Waals surface area contributed by atoms with Crippen LogP contribution in [0, 0.1) is 0 Å². The Morgan fingerprint density at radius 1 is 1.45 bits per heavy atom. The molecular formula is C16H24N2O2. The first-order valence-corrected chi connectivity index (χ1v) is 7.36. The number of hydrogen-bond acceptors (Lipinski definition) is 3. The summed E-state index contributed by atoms with van der Waals surface area (Å²) in [6.07, 6.45) is 3.63. The maximum absolute atomic E-state index is 12.7. The Labute approximate surface area is 120 Å². The topological polar surface area (TPSA) is 55.6 Å². The largest absolute Gasteiger partial charge is 0.367 e. The minimum atomic E-state index is -0.491. The Bertz CT molecular complexity index is 422. The molecule has 0 radical (unpaired) electrons. The predicted octanol–water partition coefficient (Wildman–Crippen LogP) is 2.10. The molecule has 0 aliphatic carbocycles. The second-order valence-electron chi connectivity index (χ2n) is 5.29. The van der Waals surface area contributed by atoms with E-state index in [2.05, 4.69) is 0 Å². The van der Waals surface area contributed by atoms with Gasteiger partial charge in [0, 0.05) is 19.7 Å². The highest BCUT2D eigenvalue weighted by molar-refractivity contribution is 5.82. The summed E-state index contributed by atoms with van der Waals surface area (Å²) in [5.74, 6) is 0.0817. The van der Waals surface area contributed by atoms with Gasteiger partial charge in [-0.15, -0.1) is 0 Å². The van der Waals surface area contributed by atoms with Gasteiger partial charge >= 0.3 is 0 Å². The van der Waals surface area contributed by atoms with Crippen molar-refractivity contribution in [3.8, 4) is 0 Å². The van der Waals surface area contributed by atoms with E-state index in [1.165, 1.54) is 0 Å². The van der Waals surface area contributed by atoms with E-state index in [4.69, 9.17) is 10.5 Å². The average Bonchev–Trinajstić information content (AvgIpc) is 2.95. The highest BCUT2D eigenvalue weighted by atomic mass is 16.5. The SMILES string of the molecule is COC(C(=O)N1CCCC1CCCN)c1ccccc1. The molecule has 1 amide bonds. The molecule has 1 aliphatic rings. The summed E-state index contributed by atoms with van der Waals surface area (Å²) in [6.45, 7) is 1.52. The van der Waals surface area contributed by atoms with E-state index in [1.807, 2.05) is 35.2 Å². The Balaban J connectivity index is 2.08. The minimum absolute atomic E-state index is 0.0817. The molecule has 1 heterocycles. The van der Waals surface area contributed by atoms with Gasteiger partial charge in [0.05, 0.1) is 0 Å². The fourth-order valence-corrected chi connectivity index (χ4v) is 2.94. The molecule has 0 aromatic heterocycles. The van der Waals surface area contributed by atoms with Gasteiger partial charge in [-0.25, -0.2) is 0 Å². The molecule has 110 valence electrons. The number of benzene rings is 1. The Kier molecular flexibility index (Phi) is 5.56. The standard InChI is InChI=1S/C16H24N2O2/c1-20-15(13-7-3-2-4-8-13)16(19)18-12-6-10-14(18)9-5-11-17/h2-4,7-8,14-15H,5-6,9-12,17H2,1H3. The molecule has 2 atom stereocenters. The summed E-state index contributed by atoms with van der Waals surface area (Å²) in [4.78, 5) is 14.7. The van der Waals surface area contributed by atoms with Crippen molar-refractivity contribution in [3.63, 3.8) is 0 Å². The first kappa shape index (κ1) is 15.0. The van der Waals surface area contributed by atoms with E-state index in [0.717, 1.165) is 37.8 Å². The third-order valence-corrected chi connectivity index (χ3v) is 3.96. The van der Waals surface area contributed by atoms with Gasteiger partial charge in [-0.2, -0.15) is 0 Å². The van der Waals surface area contributed by atoms with Crippen molar-refractivity contribution >= 4 is 5.91 Å². The van der Waals surface area contributed by atoms with Gasteiger partial charge in [-0.05, 0) is 37.8 Å². The van der Waals surface area contributed by atoms with Gasteiger partial charge in [0.1, 0.15) is 0 Å². The van der Waals surface area contributed by atoms with Crippen molar-refractivity contribution in [2.45, 2.75) is 37.8 Å². The molecule has 0 bridgehead atoms. The van der Waals surface area contributed by atoms with Gasteiger partial charge in [0.25, 0.3) is 5.91 Å². The number of nitrogens with two attached hydrogens (primary N) is 1. The van der Waals surface area contributed by atoms with Crippen LogP contribution in [0.15, 0.2) is 30.3 Å². The Morgan fingerprint density at radius 3 is 2.85 bits per heavy atom. The Morgan fingerprint density at radius 2 is 2.20 bits per heavy atom. The number of hydrogen-bond donors (Lipinski definition) is 1. The number of rotatable bonds is 6. The van der Waals surface area contributed by atoms with Gasteiger partial charge in [-0.1, -0.05) is 30.3 Å². The van der Waals surface area contributed by atoms with Crippen LogP contribution in [0.25, 0.3) is 0 Å². The zero-order chi connectivity index (χ0) is 14.4. The number of likely N-dealkylation sites (tertiary alicyclic amines) is 1. The van der Waals surface area contributed by atoms with Gasteiger partial charge < -0.3 is 15.4 Å². The highest BCUT2D eigenvalue weighted by Crippen LogP contribution is 2.27. The molecule has 4 heteroatoms. The van der Waals surface area contributed by atoms with E-state index in [9.17, 15) is 4.79 Å². The number of carbonyl (C=O) groups excluding carboxylic acids is 1. The third kappa shape index (κ3) is 3.38. The van der Waals surface area contributed by atoms with Crippen LogP contribution in [0.4, 0.5) is 0 Å². The van der Waals surface area contributed by atoms with Crippen LogP contribution >= 0.6 is 0 Å². The molecule has 1 aromatic rings. The highest BCUT2D eigenvalue weighted by Gasteiger charge is 2.33. The van der Waals surface area contributed by atoms with Crippen LogP contribution in [0.2, 0.25) is 0 Å². The summed E-state index contributed by atoms with van der Waals surface area (Å²) in [5.41, 5.74) is 6.50. The molecule has 4 nitrogen and oxygen atoms in total. The maximum Gasteiger partial charge on any atom is 0.256 e. The molecule has 0 spiro atoms. The summed E-state index contributed by atoms with van der Waals surface area (Å²) < 4.78 is 5.45. The number of ether oxygens (including phenoxy) is 1. The normalized spacial score (nSPS) is 20.1. The van der Waals surface area contributed by atoms with Crippen LogP contribution in [0.1, 0.15) is 37.4 Å². The van der Waals surface area contributed by atoms with Crippen molar-refractivity contribution in [2.75, 3.05) is 20.2 Å². The van der Waals surface area contributed by atoms with Crippen LogP contribution in [-0.2, 0) is 9.53 Å². The van der Waals surface area contributed by atoms with Crippen LogP contribution in [0.5, 0.6) is 0 Å². The molecule has 2 rings (SSSR count). The zero-order valence-corrected chi connectivity index (χ0v) is 12.1. The lowest BCUT2D eigenvalue weighted by molar-refractivity contribution is -0.143. The van der Waals surface area contributed by atoms with Crippen LogP contribution in [0.3, 0.4) is 0 Å². The Hall–Kier alpha value is -1.39. The predicted molar refractivity (Wildman–Crippen MR) is 79.2 cm³/mol. The molecule has 20 heavy (non-hydrogen) atoms. The molecule has 0 saturated carbocycles. The van der Waals surface area contributed by atoms with Gasteiger partial charge in [0.2, 0.25) is 0 Å².